The zero-order valence-electron chi connectivity index (χ0n) is 47.2. The second-order valence-corrected chi connectivity index (χ2v) is 20.8. The smallest absolute Gasteiger partial charge is 0.200 e. The summed E-state index contributed by atoms with van der Waals surface area (Å²) in [5.41, 5.74) is -61.7. The highest BCUT2D eigenvalue weighted by Crippen LogP contribution is 2.48. The molecule has 0 N–H and O–H groups in total. The summed E-state index contributed by atoms with van der Waals surface area (Å²) >= 11 is 0. The first-order valence-electron chi connectivity index (χ1n) is 26.0. The van der Waals surface area contributed by atoms with Crippen LogP contribution in [0.25, 0.3) is 66.8 Å². The van der Waals surface area contributed by atoms with Crippen LogP contribution in [0.2, 0.25) is 0 Å². The minimum absolute atomic E-state index is 3.05. The molecule has 0 nitrogen and oxygen atoms in total. The molecule has 10 aromatic rings. The van der Waals surface area contributed by atoms with Crippen LogP contribution in [0.3, 0.4) is 0 Å². The molecular weight excluding hydrogens is 1570 g/mol. The van der Waals surface area contributed by atoms with Crippen LogP contribution in [0.1, 0.15) is 0 Å². The van der Waals surface area contributed by atoms with Gasteiger partial charge in [0.2, 0.25) is 23.3 Å². The Balaban J connectivity index is 1.47. The third-order valence-corrected chi connectivity index (χ3v) is 15.8. The Morgan fingerprint density at radius 2 is 0.133 bits per heavy atom. The molecule has 0 saturated carbocycles. The Kier molecular flexibility index (Phi) is 18.9. The van der Waals surface area contributed by atoms with E-state index in [1.807, 2.05) is 0 Å². The van der Waals surface area contributed by atoms with Crippen LogP contribution in [0.15, 0.2) is 0 Å². The SMILES string of the molecule is Fc1c(F)c(F)c(-c2c(F)c(F)c(-c3c(F)c(F)c(-c4c(F)c(F)c([B-](c5c(F)c(F)c(-c6c(F)c(F)c(F)c(F)c6F)c(F)c5F)(c5c(F)c(F)c(-c6c(F)c(F)c(F)c(F)c6F)c(F)c5F)c5c(F)c(F)c(-c6c(F)c(F)c(F)c(F)c6F)c(F)c5F)c(F)c4F)c(F)c3F)c(F)c2F)c(F)c1F. The lowest BCUT2D eigenvalue weighted by Gasteiger charge is -2.45. The van der Waals surface area contributed by atoms with Crippen LogP contribution in [0, 0.1) is 256 Å². The summed E-state index contributed by atoms with van der Waals surface area (Å²) in [6, 6.07) is 0. The zero-order valence-corrected chi connectivity index (χ0v) is 47.2. The molecule has 0 amide bonds. The van der Waals surface area contributed by atoms with E-state index < -0.39 is 351 Å². The van der Waals surface area contributed by atoms with Gasteiger partial charge in [0.1, 0.15) is 52.7 Å². The molecule has 105 heavy (non-hydrogen) atoms. The minimum atomic E-state index is -8.87. The van der Waals surface area contributed by atoms with Gasteiger partial charge in [0.15, 0.2) is 186 Å². The fraction of sp³-hybridized carbons (Fsp3) is 0. The fourth-order valence-corrected chi connectivity index (χ4v) is 11.3. The van der Waals surface area contributed by atoms with Gasteiger partial charge in [0, 0.05) is 0 Å². The molecule has 0 unspecified atom stereocenters. The lowest BCUT2D eigenvalue weighted by molar-refractivity contribution is 0.379. The second-order valence-electron chi connectivity index (χ2n) is 20.8. The van der Waals surface area contributed by atoms with Crippen LogP contribution in [0.4, 0.5) is 193 Å². The van der Waals surface area contributed by atoms with E-state index in [-0.39, 0.29) is 0 Å². The van der Waals surface area contributed by atoms with E-state index in [9.17, 15) is 61.5 Å². The van der Waals surface area contributed by atoms with E-state index in [0.29, 0.717) is 0 Å². The van der Waals surface area contributed by atoms with Gasteiger partial charge in [0.25, 0.3) is 0 Å². The molecule has 0 saturated heterocycles. The topological polar surface area (TPSA) is 0 Å². The van der Waals surface area contributed by atoms with Crippen LogP contribution >= 0.6 is 0 Å². The van der Waals surface area contributed by atoms with Gasteiger partial charge in [-0.15, -0.1) is 21.9 Å². The first kappa shape index (κ1) is 76.8. The van der Waals surface area contributed by atoms with Crippen molar-refractivity contribution in [2.45, 2.75) is 0 Å². The Hall–Kier alpha value is -10.8. The monoisotopic (exact) mass is 1570 g/mol. The highest BCUT2D eigenvalue weighted by Gasteiger charge is 2.54. The molecule has 0 aromatic heterocycles. The molecule has 10 rings (SSSR count). The van der Waals surface area contributed by atoms with Crippen molar-refractivity contribution in [3.8, 4) is 66.8 Å². The normalized spacial score (nSPS) is 12.0. The highest BCUT2D eigenvalue weighted by atomic mass is 19.2. The summed E-state index contributed by atoms with van der Waals surface area (Å²) in [6.07, 6.45) is -8.87. The average Bonchev–Trinajstić information content (AvgIpc) is 0.674. The van der Waals surface area contributed by atoms with Crippen molar-refractivity contribution in [3.05, 3.63) is 256 Å². The van der Waals surface area contributed by atoms with Gasteiger partial charge < -0.3 is 0 Å². The summed E-state index contributed by atoms with van der Waals surface area (Å²) in [6.45, 7) is 0. The van der Waals surface area contributed by atoms with Crippen LogP contribution in [-0.2, 0) is 0 Å². The zero-order chi connectivity index (χ0) is 79.1. The van der Waals surface area contributed by atoms with E-state index >= 15 is 132 Å². The quantitative estimate of drug-likeness (QED) is 0.0554. The average molecular weight is 1570 g/mol. The predicted molar refractivity (Wildman–Crippen MR) is 261 cm³/mol. The number of hydrogen-bond acceptors (Lipinski definition) is 0. The second kappa shape index (κ2) is 25.8. The number of rotatable bonds is 10. The predicted octanol–water partition coefficient (Wildman–Crippen LogP) is 19.2. The third-order valence-electron chi connectivity index (χ3n) is 15.8. The Morgan fingerprint density at radius 1 is 0.0762 bits per heavy atom. The van der Waals surface area contributed by atoms with Crippen molar-refractivity contribution in [2.24, 2.45) is 0 Å². The summed E-state index contributed by atoms with van der Waals surface area (Å²) in [4.78, 5) is 0. The van der Waals surface area contributed by atoms with Crippen molar-refractivity contribution in [2.75, 3.05) is 0 Å². The maximum Gasteiger partial charge on any atom is 0.200 e. The molecule has 0 heterocycles. The molecule has 0 radical (unpaired) electrons. The first-order valence-corrected chi connectivity index (χ1v) is 26.0. The van der Waals surface area contributed by atoms with Gasteiger partial charge in [-0.05, 0) is 0 Å². The van der Waals surface area contributed by atoms with Crippen LogP contribution in [-0.4, -0.2) is 6.15 Å². The number of benzene rings is 10. The van der Waals surface area contributed by atoms with Gasteiger partial charge in [0.05, 0.1) is 66.8 Å². The van der Waals surface area contributed by atoms with Crippen molar-refractivity contribution in [1.82, 2.24) is 0 Å². The summed E-state index contributed by atoms with van der Waals surface area (Å²) < 4.78 is 700. The molecule has 0 aliphatic heterocycles. The summed E-state index contributed by atoms with van der Waals surface area (Å²) in [5, 5.41) is 0. The fourth-order valence-electron chi connectivity index (χ4n) is 11.3. The molecule has 552 valence electrons. The lowest BCUT2D eigenvalue weighted by atomic mass is 9.12. The van der Waals surface area contributed by atoms with E-state index in [4.69, 9.17) is 0 Å². The van der Waals surface area contributed by atoms with Gasteiger partial charge >= 0.3 is 0 Å². The summed E-state index contributed by atoms with van der Waals surface area (Å²) in [7, 11) is 0. The van der Waals surface area contributed by atoms with Gasteiger partial charge in [-0.1, -0.05) is 0 Å². The lowest BCUT2D eigenvalue weighted by Crippen LogP contribution is -2.81. The van der Waals surface area contributed by atoms with Gasteiger partial charge in [-0.2, -0.15) is 0 Å². The molecule has 0 fully saturated rings. The largest absolute Gasteiger partial charge is 0.207 e. The Bertz CT molecular complexity index is 5040. The maximum atomic E-state index is 17.9. The van der Waals surface area contributed by atoms with E-state index in [2.05, 4.69) is 0 Å². The van der Waals surface area contributed by atoms with Crippen molar-refractivity contribution in [3.63, 3.8) is 0 Å². The van der Waals surface area contributed by atoms with Gasteiger partial charge in [-0.3, -0.25) is 0 Å². The van der Waals surface area contributed by atoms with Crippen molar-refractivity contribution < 1.29 is 193 Å². The van der Waals surface area contributed by atoms with E-state index in [1.165, 1.54) is 0 Å². The molecule has 10 aromatic carbocycles. The highest BCUT2D eigenvalue weighted by molar-refractivity contribution is 7.20. The molecular formula is C60BF44-. The molecule has 0 aliphatic rings. The van der Waals surface area contributed by atoms with E-state index in [1.54, 1.807) is 0 Å². The molecule has 0 bridgehead atoms. The molecule has 0 atom stereocenters. The molecule has 0 aliphatic carbocycles. The molecule has 45 heteroatoms. The van der Waals surface area contributed by atoms with Crippen LogP contribution in [0.5, 0.6) is 0 Å². The standard InChI is InChI=1S/C60BF44/c62-17-1(2-19(64)23(68)4(24(69)20(2)65)9-33(78)49(94)57(102)50(95)34(9)79)18(63)22(67)3(21(17)66)5-25(70)41(86)13(42(87)26(5)71)61(14-43(88)27(72)6(28(73)44(14)89)10-35(80)51(96)58(103)52(97)36(10)81,15-45(90)29(74)7(30(75)46(15)91)11-37(82)53(98)59(104)54(99)38(11)83)16-47(92)31(76)8(32(77)48(16)93)12-39(84)55(100)60(105)56(101)40(12)85/q-1. The van der Waals surface area contributed by atoms with Crippen molar-refractivity contribution >= 4 is 28.0 Å². The maximum absolute atomic E-state index is 17.9. The minimum Gasteiger partial charge on any atom is -0.207 e. The number of hydrogen-bond donors (Lipinski definition) is 0. The molecule has 0 spiro atoms. The summed E-state index contributed by atoms with van der Waals surface area (Å²) in [5.74, 6) is -176. The Labute approximate surface area is 543 Å². The number of halogens is 44. The van der Waals surface area contributed by atoms with Crippen LogP contribution < -0.4 is 21.9 Å². The first-order chi connectivity index (χ1) is 48.6. The van der Waals surface area contributed by atoms with Gasteiger partial charge in [-0.25, -0.2) is 193 Å². The van der Waals surface area contributed by atoms with E-state index in [0.717, 1.165) is 0 Å². The Morgan fingerprint density at radius 3 is 0.219 bits per heavy atom. The van der Waals surface area contributed by atoms with Crippen molar-refractivity contribution in [1.29, 1.82) is 0 Å². The third kappa shape index (κ3) is 10.1.